The maximum atomic E-state index is 11.9. The highest BCUT2D eigenvalue weighted by Gasteiger charge is 2.16. The van der Waals surface area contributed by atoms with Gasteiger partial charge in [-0.3, -0.25) is 4.79 Å². The van der Waals surface area contributed by atoms with Crippen LogP contribution in [0.1, 0.15) is 21.8 Å². The number of ether oxygens (including phenoxy) is 1. The number of hydrogen-bond donors (Lipinski definition) is 1. The number of thioether (sulfide) groups is 1. The second kappa shape index (κ2) is 8.33. The van der Waals surface area contributed by atoms with E-state index in [4.69, 9.17) is 11.6 Å². The average molecular weight is 371 g/mol. The molecule has 1 amide bonds. The highest BCUT2D eigenvalue weighted by atomic mass is 35.5. The monoisotopic (exact) mass is 370 g/mol. The minimum atomic E-state index is -0.446. The summed E-state index contributed by atoms with van der Waals surface area (Å²) in [5.41, 5.74) is 0.549. The predicted molar refractivity (Wildman–Crippen MR) is 93.6 cm³/mol. The molecular weight excluding hydrogens is 356 g/mol. The molecule has 23 heavy (non-hydrogen) atoms. The van der Waals surface area contributed by atoms with Crippen LogP contribution in [-0.4, -0.2) is 29.7 Å². The van der Waals surface area contributed by atoms with Crippen LogP contribution in [0, 0.1) is 6.92 Å². The molecule has 2 aromatic rings. The summed E-state index contributed by atoms with van der Waals surface area (Å²) in [5, 5.41) is 3.80. The van der Waals surface area contributed by atoms with Crippen molar-refractivity contribution in [2.75, 3.05) is 18.2 Å². The molecule has 0 aliphatic heterocycles. The number of aromatic nitrogens is 1. The predicted octanol–water partition coefficient (Wildman–Crippen LogP) is 4.01. The van der Waals surface area contributed by atoms with Gasteiger partial charge in [0.15, 0.2) is 5.13 Å². The molecule has 0 unspecified atom stereocenters. The number of amides is 1. The molecule has 0 atom stereocenters. The van der Waals surface area contributed by atoms with Gasteiger partial charge in [0, 0.05) is 22.1 Å². The van der Waals surface area contributed by atoms with Crippen molar-refractivity contribution in [3.8, 4) is 0 Å². The summed E-state index contributed by atoms with van der Waals surface area (Å²) < 4.78 is 4.66. The number of halogens is 1. The van der Waals surface area contributed by atoms with Gasteiger partial charge in [-0.2, -0.15) is 0 Å². The zero-order valence-electron chi connectivity index (χ0n) is 12.6. The van der Waals surface area contributed by atoms with Gasteiger partial charge in [-0.25, -0.2) is 9.78 Å². The molecule has 0 bridgehead atoms. The van der Waals surface area contributed by atoms with Crippen molar-refractivity contribution < 1.29 is 14.3 Å². The Morgan fingerprint density at radius 3 is 2.70 bits per heavy atom. The number of esters is 1. The van der Waals surface area contributed by atoms with Crippen molar-refractivity contribution in [3.63, 3.8) is 0 Å². The molecule has 0 aliphatic rings. The Balaban J connectivity index is 1.83. The number of thiazole rings is 1. The van der Waals surface area contributed by atoms with Crippen molar-refractivity contribution in [1.82, 2.24) is 4.98 Å². The maximum Gasteiger partial charge on any atom is 0.350 e. The highest BCUT2D eigenvalue weighted by Crippen LogP contribution is 2.24. The van der Waals surface area contributed by atoms with Crippen LogP contribution in [-0.2, 0) is 9.53 Å². The fraction of sp³-hybridized carbons (Fsp3) is 0.267. The third kappa shape index (κ3) is 5.23. The van der Waals surface area contributed by atoms with Gasteiger partial charge in [0.05, 0.1) is 12.8 Å². The fourth-order valence-corrected chi connectivity index (χ4v) is 3.58. The largest absolute Gasteiger partial charge is 0.465 e. The number of nitrogens with one attached hydrogen (secondary N) is 1. The number of rotatable bonds is 6. The van der Waals surface area contributed by atoms with Gasteiger partial charge < -0.3 is 10.1 Å². The molecule has 0 radical (unpaired) electrons. The first-order chi connectivity index (χ1) is 11.0. The van der Waals surface area contributed by atoms with E-state index < -0.39 is 5.97 Å². The molecule has 0 spiro atoms. The van der Waals surface area contributed by atoms with E-state index >= 15 is 0 Å². The van der Waals surface area contributed by atoms with E-state index in [-0.39, 0.29) is 5.91 Å². The van der Waals surface area contributed by atoms with E-state index in [2.05, 4.69) is 15.0 Å². The van der Waals surface area contributed by atoms with E-state index in [1.165, 1.54) is 7.11 Å². The van der Waals surface area contributed by atoms with Crippen LogP contribution in [0.3, 0.4) is 0 Å². The van der Waals surface area contributed by atoms with Crippen molar-refractivity contribution >= 4 is 51.7 Å². The third-order valence-corrected chi connectivity index (χ3v) is 5.14. The van der Waals surface area contributed by atoms with Gasteiger partial charge in [0.25, 0.3) is 0 Å². The lowest BCUT2D eigenvalue weighted by atomic mass is 10.4. The number of anilines is 1. The minimum Gasteiger partial charge on any atom is -0.465 e. The first-order valence-corrected chi connectivity index (χ1v) is 8.91. The quantitative estimate of drug-likeness (QED) is 0.614. The summed E-state index contributed by atoms with van der Waals surface area (Å²) in [6.07, 6.45) is 0.347. The SMILES string of the molecule is COC(=O)c1sc(NC(=O)CCSc2ccc(Cl)cc2)nc1C. The van der Waals surface area contributed by atoms with Crippen LogP contribution >= 0.6 is 34.7 Å². The lowest BCUT2D eigenvalue weighted by Crippen LogP contribution is -2.11. The first kappa shape index (κ1) is 17.8. The van der Waals surface area contributed by atoms with Gasteiger partial charge in [0.1, 0.15) is 4.88 Å². The van der Waals surface area contributed by atoms with Crippen LogP contribution in [0.25, 0.3) is 0 Å². The van der Waals surface area contributed by atoms with E-state index in [0.29, 0.717) is 32.9 Å². The molecule has 5 nitrogen and oxygen atoms in total. The molecule has 0 aliphatic carbocycles. The van der Waals surface area contributed by atoms with Crippen molar-refractivity contribution in [1.29, 1.82) is 0 Å². The highest BCUT2D eigenvalue weighted by molar-refractivity contribution is 7.99. The summed E-state index contributed by atoms with van der Waals surface area (Å²) in [6, 6.07) is 7.46. The number of methoxy groups -OCH3 is 1. The van der Waals surface area contributed by atoms with Crippen LogP contribution in [0.15, 0.2) is 29.2 Å². The second-order valence-electron chi connectivity index (χ2n) is 4.53. The standard InChI is InChI=1S/C15H15ClN2O3S2/c1-9-13(14(20)21-2)23-15(17-9)18-12(19)7-8-22-11-5-3-10(16)4-6-11/h3-6H,7-8H2,1-2H3,(H,17,18,19). The summed E-state index contributed by atoms with van der Waals surface area (Å²) in [7, 11) is 1.31. The van der Waals surface area contributed by atoms with Crippen LogP contribution in [0.5, 0.6) is 0 Å². The van der Waals surface area contributed by atoms with Crippen molar-refractivity contribution in [2.45, 2.75) is 18.2 Å². The molecule has 8 heteroatoms. The topological polar surface area (TPSA) is 68.3 Å². The summed E-state index contributed by atoms with van der Waals surface area (Å²) in [5.74, 6) is 0.0530. The number of nitrogens with zero attached hydrogens (tertiary/aromatic N) is 1. The zero-order chi connectivity index (χ0) is 16.8. The Morgan fingerprint density at radius 1 is 1.35 bits per heavy atom. The Labute approximate surface area is 147 Å². The molecule has 1 aromatic carbocycles. The van der Waals surface area contributed by atoms with Gasteiger partial charge in [0.2, 0.25) is 5.91 Å². The fourth-order valence-electron chi connectivity index (χ4n) is 1.71. The van der Waals surface area contributed by atoms with Crippen LogP contribution in [0.2, 0.25) is 5.02 Å². The Kier molecular flexibility index (Phi) is 6.44. The smallest absolute Gasteiger partial charge is 0.350 e. The number of carbonyl (C=O) groups excluding carboxylic acids is 2. The van der Waals surface area contributed by atoms with Gasteiger partial charge in [-0.05, 0) is 31.2 Å². The maximum absolute atomic E-state index is 11.9. The molecule has 2 rings (SSSR count). The van der Waals surface area contributed by atoms with Gasteiger partial charge in [-0.15, -0.1) is 11.8 Å². The second-order valence-corrected chi connectivity index (χ2v) is 7.13. The molecular formula is C15H15ClN2O3S2. The normalized spacial score (nSPS) is 10.4. The molecule has 0 saturated carbocycles. The van der Waals surface area contributed by atoms with E-state index in [0.717, 1.165) is 16.2 Å². The Hall–Kier alpha value is -1.57. The van der Waals surface area contributed by atoms with E-state index in [1.807, 2.05) is 24.3 Å². The third-order valence-electron chi connectivity index (χ3n) is 2.83. The first-order valence-electron chi connectivity index (χ1n) is 6.73. The van der Waals surface area contributed by atoms with Crippen LogP contribution < -0.4 is 5.32 Å². The van der Waals surface area contributed by atoms with E-state index in [9.17, 15) is 9.59 Å². The lowest BCUT2D eigenvalue weighted by Gasteiger charge is -2.02. The molecule has 0 saturated heterocycles. The van der Waals surface area contributed by atoms with Crippen molar-refractivity contribution in [2.24, 2.45) is 0 Å². The Bertz CT molecular complexity index is 701. The van der Waals surface area contributed by atoms with Gasteiger partial charge >= 0.3 is 5.97 Å². The number of aryl methyl sites for hydroxylation is 1. The van der Waals surface area contributed by atoms with Gasteiger partial charge in [-0.1, -0.05) is 22.9 Å². The lowest BCUT2D eigenvalue weighted by molar-refractivity contribution is -0.115. The number of carbonyl (C=O) groups is 2. The summed E-state index contributed by atoms with van der Waals surface area (Å²) in [6.45, 7) is 1.70. The van der Waals surface area contributed by atoms with E-state index in [1.54, 1.807) is 18.7 Å². The Morgan fingerprint density at radius 2 is 2.04 bits per heavy atom. The minimum absolute atomic E-state index is 0.142. The zero-order valence-corrected chi connectivity index (χ0v) is 15.0. The number of benzene rings is 1. The van der Waals surface area contributed by atoms with Crippen molar-refractivity contribution in [3.05, 3.63) is 39.9 Å². The average Bonchev–Trinajstić information content (AvgIpc) is 2.89. The molecule has 122 valence electrons. The van der Waals surface area contributed by atoms with Crippen LogP contribution in [0.4, 0.5) is 5.13 Å². The number of hydrogen-bond acceptors (Lipinski definition) is 6. The molecule has 1 heterocycles. The summed E-state index contributed by atoms with van der Waals surface area (Å²) in [4.78, 5) is 29.0. The molecule has 1 N–H and O–H groups in total. The molecule has 0 fully saturated rings. The molecule has 1 aromatic heterocycles. The summed E-state index contributed by atoms with van der Waals surface area (Å²) >= 11 is 8.51.